The van der Waals surface area contributed by atoms with E-state index >= 15 is 0 Å². The van der Waals surface area contributed by atoms with E-state index in [4.69, 9.17) is 11.6 Å². The van der Waals surface area contributed by atoms with Gasteiger partial charge in [-0.25, -0.2) is 9.97 Å². The van der Waals surface area contributed by atoms with Gasteiger partial charge in [-0.2, -0.15) is 0 Å². The Balaban J connectivity index is 2.28. The minimum atomic E-state index is 0.656. The maximum Gasteiger partial charge on any atom is 0.191 e. The maximum atomic E-state index is 6.10. The van der Waals surface area contributed by atoms with Gasteiger partial charge in [-0.3, -0.25) is 0 Å². The highest BCUT2D eigenvalue weighted by molar-refractivity contribution is 9.10. The topological polar surface area (TPSA) is 49.8 Å². The molecule has 1 heterocycles. The highest BCUT2D eigenvalue weighted by Gasteiger charge is 2.08. The summed E-state index contributed by atoms with van der Waals surface area (Å²) < 4.78 is 0.819. The minimum absolute atomic E-state index is 0.656. The molecule has 0 spiro atoms. The fourth-order valence-corrected chi connectivity index (χ4v) is 2.58. The molecule has 0 unspecified atom stereocenters. The van der Waals surface area contributed by atoms with Crippen molar-refractivity contribution in [2.75, 3.05) is 23.4 Å². The quantitative estimate of drug-likeness (QED) is 0.528. The molecule has 0 saturated heterocycles. The second-order valence-corrected chi connectivity index (χ2v) is 6.25. The molecule has 2 aromatic rings. The van der Waals surface area contributed by atoms with E-state index in [1.165, 1.54) is 11.8 Å². The Bertz CT molecular complexity index is 624. The number of rotatable bonds is 6. The molecule has 0 amide bonds. The van der Waals surface area contributed by atoms with Crippen LogP contribution < -0.4 is 10.6 Å². The molecular formula is C14H16BrClN4S. The zero-order chi connectivity index (χ0) is 15.2. The van der Waals surface area contributed by atoms with Gasteiger partial charge in [0.15, 0.2) is 5.16 Å². The van der Waals surface area contributed by atoms with Gasteiger partial charge in [-0.15, -0.1) is 0 Å². The van der Waals surface area contributed by atoms with Crippen LogP contribution in [0.15, 0.2) is 33.9 Å². The first kappa shape index (κ1) is 16.4. The van der Waals surface area contributed by atoms with Crippen LogP contribution in [0.1, 0.15) is 13.3 Å². The first-order chi connectivity index (χ1) is 10.1. The van der Waals surface area contributed by atoms with Crippen molar-refractivity contribution in [3.63, 3.8) is 0 Å². The van der Waals surface area contributed by atoms with E-state index in [1.54, 1.807) is 0 Å². The molecule has 2 rings (SSSR count). The number of aromatic nitrogens is 2. The summed E-state index contributed by atoms with van der Waals surface area (Å²) in [6, 6.07) is 7.55. The van der Waals surface area contributed by atoms with Gasteiger partial charge < -0.3 is 10.6 Å². The van der Waals surface area contributed by atoms with Gasteiger partial charge in [0.2, 0.25) is 0 Å². The SMILES string of the molecule is CCCNc1cc(Nc2cccc(Cl)c2Br)nc(SC)n1. The number of hydrogen-bond donors (Lipinski definition) is 2. The van der Waals surface area contributed by atoms with Crippen molar-refractivity contribution in [2.45, 2.75) is 18.5 Å². The molecule has 2 N–H and O–H groups in total. The number of nitrogens with one attached hydrogen (secondary N) is 2. The molecule has 0 atom stereocenters. The van der Waals surface area contributed by atoms with Crippen molar-refractivity contribution < 1.29 is 0 Å². The van der Waals surface area contributed by atoms with Gasteiger partial charge in [0.05, 0.1) is 15.2 Å². The number of benzene rings is 1. The fraction of sp³-hybridized carbons (Fsp3) is 0.286. The molecule has 0 radical (unpaired) electrons. The Hall–Kier alpha value is -0.980. The molecule has 0 aliphatic heterocycles. The lowest BCUT2D eigenvalue weighted by Gasteiger charge is -2.11. The lowest BCUT2D eigenvalue weighted by molar-refractivity contribution is 0.929. The van der Waals surface area contributed by atoms with Gasteiger partial charge in [0.1, 0.15) is 11.6 Å². The third-order valence-electron chi connectivity index (χ3n) is 2.66. The standard InChI is InChI=1S/C14H16BrClN4S/c1-3-7-17-11-8-12(20-14(19-11)21-2)18-10-6-4-5-9(16)13(10)15/h4-6,8H,3,7H2,1-2H3,(H2,17,18,19,20). The van der Waals surface area contributed by atoms with E-state index in [2.05, 4.69) is 43.5 Å². The largest absolute Gasteiger partial charge is 0.370 e. The van der Waals surface area contributed by atoms with E-state index in [0.29, 0.717) is 5.02 Å². The maximum absolute atomic E-state index is 6.10. The molecule has 7 heteroatoms. The Morgan fingerprint density at radius 3 is 2.76 bits per heavy atom. The van der Waals surface area contributed by atoms with E-state index in [1.807, 2.05) is 30.5 Å². The van der Waals surface area contributed by atoms with Gasteiger partial charge in [-0.1, -0.05) is 36.4 Å². The lowest BCUT2D eigenvalue weighted by atomic mass is 10.3. The monoisotopic (exact) mass is 386 g/mol. The fourth-order valence-electron chi connectivity index (χ4n) is 1.66. The van der Waals surface area contributed by atoms with Crippen molar-refractivity contribution in [1.82, 2.24) is 9.97 Å². The van der Waals surface area contributed by atoms with Crippen molar-refractivity contribution in [2.24, 2.45) is 0 Å². The molecule has 4 nitrogen and oxygen atoms in total. The summed E-state index contributed by atoms with van der Waals surface area (Å²) in [4.78, 5) is 8.90. The summed E-state index contributed by atoms with van der Waals surface area (Å²) in [7, 11) is 0. The van der Waals surface area contributed by atoms with Crippen molar-refractivity contribution >= 4 is 56.6 Å². The molecule has 21 heavy (non-hydrogen) atoms. The summed E-state index contributed by atoms with van der Waals surface area (Å²) in [6.45, 7) is 3.00. The van der Waals surface area contributed by atoms with Crippen LogP contribution in [0.2, 0.25) is 5.02 Å². The normalized spacial score (nSPS) is 10.5. The third-order valence-corrected chi connectivity index (χ3v) is 4.60. The molecule has 0 bridgehead atoms. The van der Waals surface area contributed by atoms with Gasteiger partial charge in [0, 0.05) is 12.6 Å². The van der Waals surface area contributed by atoms with Crippen LogP contribution in [0.25, 0.3) is 0 Å². The number of hydrogen-bond acceptors (Lipinski definition) is 5. The van der Waals surface area contributed by atoms with Gasteiger partial charge >= 0.3 is 0 Å². The van der Waals surface area contributed by atoms with Crippen LogP contribution in [0.4, 0.5) is 17.3 Å². The second kappa shape index (κ2) is 7.87. The molecule has 1 aromatic carbocycles. The molecule has 0 fully saturated rings. The Morgan fingerprint density at radius 2 is 2.05 bits per heavy atom. The zero-order valence-corrected chi connectivity index (χ0v) is 14.9. The predicted molar refractivity (Wildman–Crippen MR) is 95.0 cm³/mol. The van der Waals surface area contributed by atoms with E-state index in [0.717, 1.165) is 39.9 Å². The Labute approximate surface area is 142 Å². The predicted octanol–water partition coefficient (Wildman–Crippen LogP) is 5.18. The molecule has 112 valence electrons. The number of halogens is 2. The second-order valence-electron chi connectivity index (χ2n) is 4.28. The molecular weight excluding hydrogens is 372 g/mol. The van der Waals surface area contributed by atoms with Gasteiger partial charge in [0.25, 0.3) is 0 Å². The number of anilines is 3. The summed E-state index contributed by atoms with van der Waals surface area (Å²) in [5.74, 6) is 1.55. The summed E-state index contributed by atoms with van der Waals surface area (Å²) >= 11 is 11.1. The van der Waals surface area contributed by atoms with E-state index in [9.17, 15) is 0 Å². The zero-order valence-electron chi connectivity index (χ0n) is 11.8. The third kappa shape index (κ3) is 4.49. The average molecular weight is 388 g/mol. The first-order valence-electron chi connectivity index (χ1n) is 6.52. The van der Waals surface area contributed by atoms with E-state index in [-0.39, 0.29) is 0 Å². The molecule has 0 aliphatic carbocycles. The van der Waals surface area contributed by atoms with Crippen LogP contribution in [0, 0.1) is 0 Å². The minimum Gasteiger partial charge on any atom is -0.370 e. The summed E-state index contributed by atoms with van der Waals surface area (Å²) in [5, 5.41) is 7.92. The molecule has 0 saturated carbocycles. The van der Waals surface area contributed by atoms with Gasteiger partial charge in [-0.05, 0) is 40.7 Å². The molecule has 0 aliphatic rings. The van der Waals surface area contributed by atoms with Crippen molar-refractivity contribution in [3.05, 3.63) is 33.8 Å². The van der Waals surface area contributed by atoms with Crippen LogP contribution in [-0.4, -0.2) is 22.8 Å². The Kier molecular flexibility index (Phi) is 6.14. The van der Waals surface area contributed by atoms with E-state index < -0.39 is 0 Å². The molecule has 1 aromatic heterocycles. The smallest absolute Gasteiger partial charge is 0.191 e. The summed E-state index contributed by atoms with van der Waals surface area (Å²) in [5.41, 5.74) is 0.870. The van der Waals surface area contributed by atoms with Crippen LogP contribution >= 0.6 is 39.3 Å². The summed E-state index contributed by atoms with van der Waals surface area (Å²) in [6.07, 6.45) is 3.00. The highest BCUT2D eigenvalue weighted by Crippen LogP contribution is 2.32. The Morgan fingerprint density at radius 1 is 1.29 bits per heavy atom. The number of thioether (sulfide) groups is 1. The lowest BCUT2D eigenvalue weighted by Crippen LogP contribution is -2.05. The number of nitrogens with zero attached hydrogens (tertiary/aromatic N) is 2. The average Bonchev–Trinajstić information content (AvgIpc) is 2.49. The van der Waals surface area contributed by atoms with Crippen LogP contribution in [0.5, 0.6) is 0 Å². The van der Waals surface area contributed by atoms with Crippen molar-refractivity contribution in [1.29, 1.82) is 0 Å². The first-order valence-corrected chi connectivity index (χ1v) is 8.91. The van der Waals surface area contributed by atoms with Crippen molar-refractivity contribution in [3.8, 4) is 0 Å². The van der Waals surface area contributed by atoms with Crippen LogP contribution in [0.3, 0.4) is 0 Å². The van der Waals surface area contributed by atoms with Crippen LogP contribution in [-0.2, 0) is 0 Å². The highest BCUT2D eigenvalue weighted by atomic mass is 79.9.